The number of aromatic nitrogens is 1. The maximum atomic E-state index is 10.5. The Bertz CT molecular complexity index is 327. The van der Waals surface area contributed by atoms with Crippen LogP contribution >= 0.6 is 0 Å². The molecule has 1 aromatic rings. The van der Waals surface area contributed by atoms with Gasteiger partial charge in [0, 0.05) is 12.3 Å². The fourth-order valence-electron chi connectivity index (χ4n) is 0.990. The van der Waals surface area contributed by atoms with Crippen LogP contribution in [0.1, 0.15) is 11.3 Å². The molecule has 0 saturated heterocycles. The van der Waals surface area contributed by atoms with Crippen LogP contribution in [0.4, 0.5) is 5.69 Å². The molecule has 0 fully saturated rings. The van der Waals surface area contributed by atoms with Gasteiger partial charge in [-0.15, -0.1) is 0 Å². The lowest BCUT2D eigenvalue weighted by Crippen LogP contribution is -2.04. The van der Waals surface area contributed by atoms with Crippen molar-refractivity contribution in [2.45, 2.75) is 13.5 Å². The normalized spacial score (nSPS) is 10.0. The highest BCUT2D eigenvalue weighted by Crippen LogP contribution is 2.18. The van der Waals surface area contributed by atoms with Gasteiger partial charge in [-0.3, -0.25) is 19.9 Å². The third-order valence-corrected chi connectivity index (χ3v) is 1.70. The van der Waals surface area contributed by atoms with Gasteiger partial charge in [0.2, 0.25) is 0 Å². The lowest BCUT2D eigenvalue weighted by Gasteiger charge is -2.02. The Morgan fingerprint density at radius 3 is 3.00 bits per heavy atom. The largest absolute Gasteiger partial charge is 0.298 e. The van der Waals surface area contributed by atoms with Gasteiger partial charge >= 0.3 is 0 Å². The van der Waals surface area contributed by atoms with Crippen LogP contribution in [-0.2, 0) is 11.4 Å². The van der Waals surface area contributed by atoms with Gasteiger partial charge in [0.05, 0.1) is 16.2 Å². The molecule has 0 amide bonds. The number of hydrogen-bond acceptors (Lipinski definition) is 5. The molecule has 6 heteroatoms. The van der Waals surface area contributed by atoms with E-state index in [4.69, 9.17) is 5.90 Å². The van der Waals surface area contributed by atoms with E-state index in [0.717, 1.165) is 0 Å². The quantitative estimate of drug-likeness (QED) is 0.549. The first-order chi connectivity index (χ1) is 6.16. The second-order valence-corrected chi connectivity index (χ2v) is 2.47. The van der Waals surface area contributed by atoms with E-state index < -0.39 is 4.92 Å². The predicted molar refractivity (Wildman–Crippen MR) is 44.6 cm³/mol. The first-order valence-electron chi connectivity index (χ1n) is 3.57. The summed E-state index contributed by atoms with van der Waals surface area (Å²) in [6, 6.07) is 1.34. The minimum absolute atomic E-state index is 0.0297. The highest BCUT2D eigenvalue weighted by Gasteiger charge is 2.13. The van der Waals surface area contributed by atoms with Gasteiger partial charge < -0.3 is 0 Å². The minimum Gasteiger partial charge on any atom is -0.298 e. The molecule has 0 aliphatic heterocycles. The highest BCUT2D eigenvalue weighted by molar-refractivity contribution is 5.40. The number of hydrogen-bond donors (Lipinski definition) is 1. The molecule has 0 aliphatic carbocycles. The van der Waals surface area contributed by atoms with Crippen molar-refractivity contribution in [2.24, 2.45) is 5.90 Å². The summed E-state index contributed by atoms with van der Waals surface area (Å²) in [4.78, 5) is 18.3. The number of pyridine rings is 1. The Morgan fingerprint density at radius 2 is 2.46 bits per heavy atom. The van der Waals surface area contributed by atoms with Gasteiger partial charge in [-0.2, -0.15) is 0 Å². The van der Waals surface area contributed by atoms with Crippen molar-refractivity contribution in [2.75, 3.05) is 0 Å². The van der Waals surface area contributed by atoms with Gasteiger partial charge in [0.1, 0.15) is 6.61 Å². The summed E-state index contributed by atoms with van der Waals surface area (Å²) in [6.45, 7) is 1.69. The van der Waals surface area contributed by atoms with Gasteiger partial charge in [-0.05, 0) is 6.92 Å². The molecule has 0 radical (unpaired) electrons. The molecule has 0 aliphatic rings. The molecule has 0 unspecified atom stereocenters. The predicted octanol–water partition coefficient (Wildman–Crippen LogP) is 0.689. The summed E-state index contributed by atoms with van der Waals surface area (Å²) in [5, 5.41) is 10.5. The van der Waals surface area contributed by atoms with E-state index in [0.29, 0.717) is 11.3 Å². The smallest absolute Gasteiger partial charge is 0.275 e. The van der Waals surface area contributed by atoms with Gasteiger partial charge in [0.15, 0.2) is 0 Å². The zero-order valence-electron chi connectivity index (χ0n) is 7.06. The van der Waals surface area contributed by atoms with E-state index in [2.05, 4.69) is 9.82 Å². The lowest BCUT2D eigenvalue weighted by atomic mass is 10.2. The van der Waals surface area contributed by atoms with Crippen LogP contribution in [0.2, 0.25) is 0 Å². The van der Waals surface area contributed by atoms with Crippen molar-refractivity contribution >= 4 is 5.69 Å². The Labute approximate surface area is 74.4 Å². The number of rotatable bonds is 3. The molecule has 0 spiro atoms. The Morgan fingerprint density at radius 1 is 1.77 bits per heavy atom. The van der Waals surface area contributed by atoms with Crippen molar-refractivity contribution in [3.05, 3.63) is 33.6 Å². The molecule has 2 N–H and O–H groups in total. The van der Waals surface area contributed by atoms with Gasteiger partial charge in [0.25, 0.3) is 5.69 Å². The van der Waals surface area contributed by atoms with Crippen LogP contribution in [-0.4, -0.2) is 9.91 Å². The summed E-state index contributed by atoms with van der Waals surface area (Å²) in [5.74, 6) is 4.85. The van der Waals surface area contributed by atoms with E-state index in [1.807, 2.05) is 0 Å². The molecule has 70 valence electrons. The van der Waals surface area contributed by atoms with Gasteiger partial charge in [-0.1, -0.05) is 0 Å². The highest BCUT2D eigenvalue weighted by atomic mass is 16.6. The van der Waals surface area contributed by atoms with E-state index in [-0.39, 0.29) is 12.3 Å². The number of nitrogens with zero attached hydrogens (tertiary/aromatic N) is 2. The van der Waals surface area contributed by atoms with Crippen molar-refractivity contribution < 1.29 is 9.76 Å². The maximum Gasteiger partial charge on any atom is 0.275 e. The van der Waals surface area contributed by atoms with Crippen LogP contribution in [0.5, 0.6) is 0 Å². The van der Waals surface area contributed by atoms with Crippen molar-refractivity contribution in [1.29, 1.82) is 0 Å². The summed E-state index contributed by atoms with van der Waals surface area (Å²) >= 11 is 0. The maximum absolute atomic E-state index is 10.5. The van der Waals surface area contributed by atoms with Crippen LogP contribution in [0.25, 0.3) is 0 Å². The topological polar surface area (TPSA) is 91.3 Å². The molecular formula is C7H9N3O3. The second-order valence-electron chi connectivity index (χ2n) is 2.47. The minimum atomic E-state index is -0.461. The average molecular weight is 183 g/mol. The summed E-state index contributed by atoms with van der Waals surface area (Å²) < 4.78 is 0. The standard InChI is InChI=1S/C7H9N3O3/c1-5-6(4-13-8)9-3-2-7(5)10(11)12/h2-3H,4,8H2,1H3. The zero-order valence-corrected chi connectivity index (χ0v) is 7.06. The lowest BCUT2D eigenvalue weighted by molar-refractivity contribution is -0.385. The molecule has 1 aromatic heterocycles. The van der Waals surface area contributed by atoms with E-state index in [1.54, 1.807) is 6.92 Å². The first-order valence-corrected chi connectivity index (χ1v) is 3.57. The fourth-order valence-corrected chi connectivity index (χ4v) is 0.990. The zero-order chi connectivity index (χ0) is 9.84. The monoisotopic (exact) mass is 183 g/mol. The Kier molecular flexibility index (Phi) is 2.88. The molecule has 1 heterocycles. The van der Waals surface area contributed by atoms with Crippen molar-refractivity contribution in [3.63, 3.8) is 0 Å². The molecule has 0 bridgehead atoms. The van der Waals surface area contributed by atoms with Gasteiger partial charge in [-0.25, -0.2) is 5.90 Å². The molecule has 0 atom stereocenters. The van der Waals surface area contributed by atoms with E-state index >= 15 is 0 Å². The van der Waals surface area contributed by atoms with E-state index in [9.17, 15) is 10.1 Å². The first kappa shape index (κ1) is 9.56. The van der Waals surface area contributed by atoms with Crippen molar-refractivity contribution in [1.82, 2.24) is 4.98 Å². The summed E-state index contributed by atoms with van der Waals surface area (Å²) in [5.41, 5.74) is 0.997. The molecular weight excluding hydrogens is 174 g/mol. The number of nitrogens with two attached hydrogens (primary N) is 1. The van der Waals surface area contributed by atoms with Crippen molar-refractivity contribution in [3.8, 4) is 0 Å². The molecule has 1 rings (SSSR count). The molecule has 13 heavy (non-hydrogen) atoms. The van der Waals surface area contributed by atoms with E-state index in [1.165, 1.54) is 12.3 Å². The van der Waals surface area contributed by atoms with Crippen LogP contribution in [0, 0.1) is 17.0 Å². The van der Waals surface area contributed by atoms with Crippen LogP contribution in [0.15, 0.2) is 12.3 Å². The van der Waals surface area contributed by atoms with Crippen LogP contribution in [0.3, 0.4) is 0 Å². The SMILES string of the molecule is Cc1c([N+](=O)[O-])ccnc1CON. The molecule has 0 saturated carbocycles. The third kappa shape index (κ3) is 1.98. The third-order valence-electron chi connectivity index (χ3n) is 1.70. The summed E-state index contributed by atoms with van der Waals surface area (Å²) in [7, 11) is 0. The molecule has 0 aromatic carbocycles. The summed E-state index contributed by atoms with van der Waals surface area (Å²) in [6.07, 6.45) is 1.36. The number of nitro groups is 1. The van der Waals surface area contributed by atoms with Crippen LogP contribution < -0.4 is 5.90 Å². The second kappa shape index (κ2) is 3.92. The average Bonchev–Trinajstić information content (AvgIpc) is 2.08. The Balaban J connectivity index is 3.10. The Hall–Kier alpha value is -1.53. The fraction of sp³-hybridized carbons (Fsp3) is 0.286. The molecule has 6 nitrogen and oxygen atoms in total.